The lowest BCUT2D eigenvalue weighted by atomic mass is 10.2. The van der Waals surface area contributed by atoms with E-state index in [4.69, 9.17) is 9.16 Å². The Labute approximate surface area is 125 Å². The van der Waals surface area contributed by atoms with Crippen LogP contribution in [0.3, 0.4) is 0 Å². The molecule has 0 unspecified atom stereocenters. The number of esters is 1. The van der Waals surface area contributed by atoms with Crippen LogP contribution in [0.4, 0.5) is 0 Å². The normalized spacial score (nSPS) is 15.4. The lowest BCUT2D eigenvalue weighted by Crippen LogP contribution is -2.41. The quantitative estimate of drug-likeness (QED) is 0.425. The summed E-state index contributed by atoms with van der Waals surface area (Å²) >= 11 is 0. The molecule has 0 aromatic heterocycles. The Hall–Kier alpha value is -0.613. The van der Waals surface area contributed by atoms with Gasteiger partial charge < -0.3 is 9.16 Å². The molecule has 0 aromatic carbocycles. The fourth-order valence-electron chi connectivity index (χ4n) is 1.19. The predicted octanol–water partition coefficient (Wildman–Crippen LogP) is 4.54. The predicted molar refractivity (Wildman–Crippen MR) is 87.3 cm³/mol. The molecule has 0 aliphatic heterocycles. The summed E-state index contributed by atoms with van der Waals surface area (Å²) in [7, 11) is -1.71. The standard InChI is InChI=1S/C16H32O3Si/c1-13(10-11-14(17)19-15(2,3)4)12-18-20(8,9)16(5,6)7/h10-11,13H,12H2,1-9H3/b11-10+/t13-/m1/s1. The van der Waals surface area contributed by atoms with Crippen molar-refractivity contribution in [1.82, 2.24) is 0 Å². The van der Waals surface area contributed by atoms with E-state index in [1.54, 1.807) is 0 Å². The molecule has 0 amide bonds. The van der Waals surface area contributed by atoms with Gasteiger partial charge in [-0.25, -0.2) is 4.79 Å². The van der Waals surface area contributed by atoms with E-state index in [2.05, 4.69) is 33.9 Å². The van der Waals surface area contributed by atoms with Crippen molar-refractivity contribution in [1.29, 1.82) is 0 Å². The lowest BCUT2D eigenvalue weighted by Gasteiger charge is -2.36. The molecule has 20 heavy (non-hydrogen) atoms. The Morgan fingerprint density at radius 2 is 1.65 bits per heavy atom. The van der Waals surface area contributed by atoms with E-state index in [0.717, 1.165) is 0 Å². The molecular weight excluding hydrogens is 268 g/mol. The monoisotopic (exact) mass is 300 g/mol. The summed E-state index contributed by atoms with van der Waals surface area (Å²) < 4.78 is 11.4. The summed E-state index contributed by atoms with van der Waals surface area (Å²) in [5.74, 6) is -0.0895. The van der Waals surface area contributed by atoms with Gasteiger partial charge in [-0.3, -0.25) is 0 Å². The highest BCUT2D eigenvalue weighted by Crippen LogP contribution is 2.36. The molecule has 0 spiro atoms. The molecular formula is C16H32O3Si. The second-order valence-corrected chi connectivity index (χ2v) is 12.8. The third-order valence-electron chi connectivity index (χ3n) is 3.48. The lowest BCUT2D eigenvalue weighted by molar-refractivity contribution is -0.148. The molecule has 0 saturated heterocycles. The Kier molecular flexibility index (Phi) is 6.69. The Bertz CT molecular complexity index is 346. The maximum absolute atomic E-state index is 11.6. The number of carbonyl (C=O) groups excluding carboxylic acids is 1. The molecule has 0 bridgehead atoms. The number of ether oxygens (including phenoxy) is 1. The molecule has 4 heteroatoms. The van der Waals surface area contributed by atoms with E-state index in [9.17, 15) is 4.79 Å². The van der Waals surface area contributed by atoms with Crippen LogP contribution < -0.4 is 0 Å². The average Bonchev–Trinajstić information content (AvgIpc) is 2.19. The second kappa shape index (κ2) is 6.90. The first-order valence-electron chi connectivity index (χ1n) is 7.30. The van der Waals surface area contributed by atoms with E-state index in [1.165, 1.54) is 6.08 Å². The Morgan fingerprint density at radius 1 is 1.15 bits per heavy atom. The molecule has 118 valence electrons. The van der Waals surface area contributed by atoms with Crippen molar-refractivity contribution >= 4 is 14.3 Å². The van der Waals surface area contributed by atoms with E-state index in [0.29, 0.717) is 6.61 Å². The topological polar surface area (TPSA) is 35.5 Å². The first-order valence-corrected chi connectivity index (χ1v) is 10.2. The van der Waals surface area contributed by atoms with Crippen molar-refractivity contribution < 1.29 is 14.0 Å². The first-order chi connectivity index (χ1) is 8.74. The van der Waals surface area contributed by atoms with E-state index < -0.39 is 13.9 Å². The summed E-state index contributed by atoms with van der Waals surface area (Å²) in [6.45, 7) is 19.4. The van der Waals surface area contributed by atoms with Crippen molar-refractivity contribution in [3.8, 4) is 0 Å². The summed E-state index contributed by atoms with van der Waals surface area (Å²) in [5, 5.41) is 0.210. The molecule has 3 nitrogen and oxygen atoms in total. The first kappa shape index (κ1) is 19.4. The fraction of sp³-hybridized carbons (Fsp3) is 0.812. The van der Waals surface area contributed by atoms with Gasteiger partial charge in [0.05, 0.1) is 0 Å². The van der Waals surface area contributed by atoms with Gasteiger partial charge in [0.15, 0.2) is 8.32 Å². The second-order valence-electron chi connectivity index (χ2n) is 7.94. The molecule has 1 atom stereocenters. The zero-order chi connectivity index (χ0) is 16.2. The van der Waals surface area contributed by atoms with Crippen molar-refractivity contribution in [2.24, 2.45) is 5.92 Å². The highest BCUT2D eigenvalue weighted by atomic mass is 28.4. The summed E-state index contributed by atoms with van der Waals surface area (Å²) in [5.41, 5.74) is -0.442. The number of hydrogen-bond donors (Lipinski definition) is 0. The Balaban J connectivity index is 4.31. The largest absolute Gasteiger partial charge is 0.457 e. The zero-order valence-electron chi connectivity index (χ0n) is 14.7. The minimum atomic E-state index is -1.71. The van der Waals surface area contributed by atoms with Gasteiger partial charge in [0.2, 0.25) is 0 Å². The van der Waals surface area contributed by atoms with Crippen molar-refractivity contribution in [3.05, 3.63) is 12.2 Å². The maximum Gasteiger partial charge on any atom is 0.330 e. The van der Waals surface area contributed by atoms with Crippen LogP contribution in [0.5, 0.6) is 0 Å². The number of rotatable bonds is 5. The van der Waals surface area contributed by atoms with Crippen LogP contribution in [0.1, 0.15) is 48.5 Å². The van der Waals surface area contributed by atoms with Crippen LogP contribution in [0.15, 0.2) is 12.2 Å². The molecule has 0 saturated carbocycles. The Morgan fingerprint density at radius 3 is 2.05 bits per heavy atom. The van der Waals surface area contributed by atoms with Gasteiger partial charge >= 0.3 is 5.97 Å². The maximum atomic E-state index is 11.6. The van der Waals surface area contributed by atoms with E-state index in [-0.39, 0.29) is 16.9 Å². The highest BCUT2D eigenvalue weighted by molar-refractivity contribution is 6.74. The smallest absolute Gasteiger partial charge is 0.330 e. The van der Waals surface area contributed by atoms with Gasteiger partial charge in [-0.15, -0.1) is 0 Å². The van der Waals surface area contributed by atoms with Crippen LogP contribution in [0.25, 0.3) is 0 Å². The van der Waals surface area contributed by atoms with Crippen molar-refractivity contribution in [2.75, 3.05) is 6.61 Å². The van der Waals surface area contributed by atoms with Crippen LogP contribution in [0, 0.1) is 5.92 Å². The summed E-state index contributed by atoms with van der Waals surface area (Å²) in [6.07, 6.45) is 3.37. The van der Waals surface area contributed by atoms with Crippen molar-refractivity contribution in [2.45, 2.75) is 72.2 Å². The highest BCUT2D eigenvalue weighted by Gasteiger charge is 2.37. The van der Waals surface area contributed by atoms with Crippen LogP contribution in [0.2, 0.25) is 18.1 Å². The van der Waals surface area contributed by atoms with Gasteiger partial charge in [-0.2, -0.15) is 0 Å². The van der Waals surface area contributed by atoms with Gasteiger partial charge in [-0.05, 0) is 44.8 Å². The molecule has 0 fully saturated rings. The van der Waals surface area contributed by atoms with Gasteiger partial charge in [0.25, 0.3) is 0 Å². The third-order valence-corrected chi connectivity index (χ3v) is 7.98. The third kappa shape index (κ3) is 7.85. The SMILES string of the molecule is C[C@H](/C=C/C(=O)OC(C)(C)C)CO[Si](C)(C)C(C)(C)C. The van der Waals surface area contributed by atoms with Gasteiger partial charge in [0, 0.05) is 12.7 Å². The van der Waals surface area contributed by atoms with Crippen LogP contribution in [-0.4, -0.2) is 26.5 Å². The average molecular weight is 301 g/mol. The van der Waals surface area contributed by atoms with E-state index in [1.807, 2.05) is 33.8 Å². The fourth-order valence-corrected chi connectivity index (χ4v) is 2.30. The molecule has 0 aliphatic carbocycles. The molecule has 0 heterocycles. The minimum absolute atomic E-state index is 0.205. The van der Waals surface area contributed by atoms with E-state index >= 15 is 0 Å². The molecule has 0 aromatic rings. The van der Waals surface area contributed by atoms with Gasteiger partial charge in [-0.1, -0.05) is 33.8 Å². The summed E-state index contributed by atoms with van der Waals surface area (Å²) in [6, 6.07) is 0. The minimum Gasteiger partial charge on any atom is -0.457 e. The molecule has 0 N–H and O–H groups in total. The molecule has 0 rings (SSSR count). The zero-order valence-corrected chi connectivity index (χ0v) is 15.7. The summed E-state index contributed by atoms with van der Waals surface area (Å²) in [4.78, 5) is 11.6. The molecule has 0 aliphatic rings. The van der Waals surface area contributed by atoms with Crippen molar-refractivity contribution in [3.63, 3.8) is 0 Å². The number of carbonyl (C=O) groups is 1. The molecule has 0 radical (unpaired) electrons. The van der Waals surface area contributed by atoms with Crippen LogP contribution >= 0.6 is 0 Å². The van der Waals surface area contributed by atoms with Crippen LogP contribution in [-0.2, 0) is 14.0 Å². The van der Waals surface area contributed by atoms with Gasteiger partial charge in [0.1, 0.15) is 5.60 Å². The number of hydrogen-bond acceptors (Lipinski definition) is 3.